The van der Waals surface area contributed by atoms with E-state index in [0.29, 0.717) is 12.1 Å². The lowest BCUT2D eigenvalue weighted by atomic mass is 10.2. The molecule has 7 heteroatoms. The van der Waals surface area contributed by atoms with Gasteiger partial charge in [-0.3, -0.25) is 9.89 Å². The molecule has 5 nitrogen and oxygen atoms in total. The molecule has 0 aliphatic carbocycles. The highest BCUT2D eigenvalue weighted by Crippen LogP contribution is 2.19. The van der Waals surface area contributed by atoms with E-state index in [9.17, 15) is 0 Å². The summed E-state index contributed by atoms with van der Waals surface area (Å²) in [6.07, 6.45) is 1.11. The Morgan fingerprint density at radius 3 is 2.24 bits per heavy atom. The number of rotatable bonds is 9. The third-order valence-electron chi connectivity index (χ3n) is 5.21. The average molecular weight is 534 g/mol. The predicted octanol–water partition coefficient (Wildman–Crippen LogP) is 4.03. The average Bonchev–Trinajstić information content (AvgIpc) is 2.70. The number of nitrogens with zero attached hydrogens (tertiary/aromatic N) is 3. The second kappa shape index (κ2) is 14.4. The Morgan fingerprint density at radius 1 is 1.07 bits per heavy atom. The molecule has 0 spiro atoms. The molecule has 1 fully saturated rings. The van der Waals surface area contributed by atoms with Crippen LogP contribution in [0.1, 0.15) is 39.7 Å². The normalized spacial score (nSPS) is 15.0. The monoisotopic (exact) mass is 533 g/mol. The maximum absolute atomic E-state index is 4.35. The van der Waals surface area contributed by atoms with Crippen LogP contribution < -0.4 is 15.5 Å². The van der Waals surface area contributed by atoms with Crippen molar-refractivity contribution in [3.8, 4) is 0 Å². The zero-order valence-corrected chi connectivity index (χ0v) is 21.9. The van der Waals surface area contributed by atoms with Crippen molar-refractivity contribution in [2.75, 3.05) is 49.6 Å². The molecule has 0 aromatic heterocycles. The van der Waals surface area contributed by atoms with Gasteiger partial charge in [-0.05, 0) is 51.8 Å². The molecule has 1 saturated heterocycles. The molecule has 1 aliphatic rings. The second-order valence-corrected chi connectivity index (χ2v) is 9.12. The van der Waals surface area contributed by atoms with E-state index < -0.39 is 0 Å². The van der Waals surface area contributed by atoms with E-state index >= 15 is 0 Å². The quantitative estimate of drug-likeness (QED) is 0.217. The second-order valence-electron chi connectivity index (χ2n) is 7.90. The maximum Gasteiger partial charge on any atom is 0.191 e. The fourth-order valence-corrected chi connectivity index (χ4v) is 4.54. The lowest BCUT2D eigenvalue weighted by Crippen LogP contribution is -2.41. The van der Waals surface area contributed by atoms with Gasteiger partial charge in [-0.25, -0.2) is 0 Å². The molecule has 2 N–H and O–H groups in total. The van der Waals surface area contributed by atoms with E-state index in [2.05, 4.69) is 77.4 Å². The van der Waals surface area contributed by atoms with Gasteiger partial charge in [-0.15, -0.1) is 24.0 Å². The van der Waals surface area contributed by atoms with Crippen molar-refractivity contribution >= 4 is 47.4 Å². The molecule has 0 amide bonds. The Labute approximate surface area is 199 Å². The van der Waals surface area contributed by atoms with Crippen molar-refractivity contribution in [1.82, 2.24) is 15.5 Å². The minimum absolute atomic E-state index is 0. The Morgan fingerprint density at radius 2 is 1.69 bits per heavy atom. The number of benzene rings is 1. The Kier molecular flexibility index (Phi) is 13.1. The van der Waals surface area contributed by atoms with Crippen molar-refractivity contribution in [3.63, 3.8) is 0 Å². The largest absolute Gasteiger partial charge is 0.370 e. The van der Waals surface area contributed by atoms with Crippen LogP contribution in [0, 0.1) is 0 Å². The molecular formula is C22H40IN5S. The van der Waals surface area contributed by atoms with Crippen LogP contribution in [0.15, 0.2) is 29.3 Å². The first-order chi connectivity index (χ1) is 13.5. The number of nitrogens with one attached hydrogen (secondary N) is 2. The van der Waals surface area contributed by atoms with Crippen molar-refractivity contribution in [2.45, 2.75) is 52.7 Å². The SMILES string of the molecule is CN=C(NCCCN(C(C)C)C(C)C)NCc1ccc(N2CCSCC2)cc1.I. The summed E-state index contributed by atoms with van der Waals surface area (Å²) in [5.41, 5.74) is 2.62. The third kappa shape index (κ3) is 9.34. The summed E-state index contributed by atoms with van der Waals surface area (Å²) in [7, 11) is 1.83. The van der Waals surface area contributed by atoms with Crippen LogP contribution in [0.3, 0.4) is 0 Å². The number of hydrogen-bond donors (Lipinski definition) is 2. The molecule has 0 radical (unpaired) electrons. The van der Waals surface area contributed by atoms with Gasteiger partial charge in [0.25, 0.3) is 0 Å². The van der Waals surface area contributed by atoms with Crippen LogP contribution >= 0.6 is 35.7 Å². The van der Waals surface area contributed by atoms with E-state index in [-0.39, 0.29) is 24.0 Å². The summed E-state index contributed by atoms with van der Waals surface area (Å²) in [5.74, 6) is 3.34. The lowest BCUT2D eigenvalue weighted by Gasteiger charge is -2.30. The molecule has 0 saturated carbocycles. The summed E-state index contributed by atoms with van der Waals surface area (Å²) in [5, 5.41) is 6.86. The van der Waals surface area contributed by atoms with Crippen LogP contribution in [0.5, 0.6) is 0 Å². The van der Waals surface area contributed by atoms with Gasteiger partial charge < -0.3 is 15.5 Å². The van der Waals surface area contributed by atoms with Crippen LogP contribution in [0.4, 0.5) is 5.69 Å². The zero-order valence-electron chi connectivity index (χ0n) is 18.8. The Bertz CT molecular complexity index is 577. The number of anilines is 1. The lowest BCUT2D eigenvalue weighted by molar-refractivity contribution is 0.173. The molecule has 0 atom stereocenters. The highest BCUT2D eigenvalue weighted by atomic mass is 127. The van der Waals surface area contributed by atoms with Gasteiger partial charge in [0.15, 0.2) is 5.96 Å². The third-order valence-corrected chi connectivity index (χ3v) is 6.15. The minimum Gasteiger partial charge on any atom is -0.370 e. The number of thioether (sulfide) groups is 1. The highest BCUT2D eigenvalue weighted by Gasteiger charge is 2.13. The molecule has 0 bridgehead atoms. The van der Waals surface area contributed by atoms with E-state index in [1.165, 1.54) is 22.8 Å². The molecule has 166 valence electrons. The van der Waals surface area contributed by atoms with Crippen molar-refractivity contribution in [1.29, 1.82) is 0 Å². The molecule has 1 aromatic rings. The van der Waals surface area contributed by atoms with Crippen LogP contribution in [-0.4, -0.2) is 67.7 Å². The minimum atomic E-state index is 0. The van der Waals surface area contributed by atoms with Gasteiger partial charge >= 0.3 is 0 Å². The molecular weight excluding hydrogens is 493 g/mol. The summed E-state index contributed by atoms with van der Waals surface area (Å²) in [6.45, 7) is 14.2. The molecule has 1 heterocycles. The van der Waals surface area contributed by atoms with Gasteiger partial charge in [0.2, 0.25) is 0 Å². The first kappa shape index (κ1) is 26.4. The highest BCUT2D eigenvalue weighted by molar-refractivity contribution is 14.0. The number of halogens is 1. The van der Waals surface area contributed by atoms with E-state index in [1.54, 1.807) is 0 Å². The number of aliphatic imine (C=N–C) groups is 1. The molecule has 0 unspecified atom stereocenters. The predicted molar refractivity (Wildman–Crippen MR) is 141 cm³/mol. The van der Waals surface area contributed by atoms with Crippen molar-refractivity contribution in [2.24, 2.45) is 4.99 Å². The first-order valence-electron chi connectivity index (χ1n) is 10.6. The zero-order chi connectivity index (χ0) is 20.4. The van der Waals surface area contributed by atoms with Gasteiger partial charge in [-0.1, -0.05) is 12.1 Å². The van der Waals surface area contributed by atoms with Crippen molar-refractivity contribution < 1.29 is 0 Å². The molecule has 29 heavy (non-hydrogen) atoms. The van der Waals surface area contributed by atoms with Crippen LogP contribution in [0.2, 0.25) is 0 Å². The van der Waals surface area contributed by atoms with Crippen molar-refractivity contribution in [3.05, 3.63) is 29.8 Å². The standard InChI is InChI=1S/C22H39N5S.HI/c1-18(2)27(19(3)4)12-6-11-24-22(23-5)25-17-20-7-9-21(10-8-20)26-13-15-28-16-14-26;/h7-10,18-19H,6,11-17H2,1-5H3,(H2,23,24,25);1H. The molecule has 2 rings (SSSR count). The first-order valence-corrected chi connectivity index (χ1v) is 11.8. The number of hydrogen-bond acceptors (Lipinski definition) is 4. The van der Waals surface area contributed by atoms with E-state index in [1.807, 2.05) is 18.8 Å². The van der Waals surface area contributed by atoms with Gasteiger partial charge in [0.05, 0.1) is 0 Å². The summed E-state index contributed by atoms with van der Waals surface area (Å²) >= 11 is 2.05. The smallest absolute Gasteiger partial charge is 0.191 e. The Balaban J connectivity index is 0.00000420. The fourth-order valence-electron chi connectivity index (χ4n) is 3.63. The van der Waals surface area contributed by atoms with Gasteiger partial charge in [0, 0.05) is 69.0 Å². The fraction of sp³-hybridized carbons (Fsp3) is 0.682. The van der Waals surface area contributed by atoms with E-state index in [0.717, 1.165) is 45.1 Å². The topological polar surface area (TPSA) is 42.9 Å². The van der Waals surface area contributed by atoms with Gasteiger partial charge in [0.1, 0.15) is 0 Å². The maximum atomic E-state index is 4.35. The summed E-state index contributed by atoms with van der Waals surface area (Å²) in [4.78, 5) is 9.36. The summed E-state index contributed by atoms with van der Waals surface area (Å²) in [6, 6.07) is 10.1. The van der Waals surface area contributed by atoms with Crippen LogP contribution in [0.25, 0.3) is 0 Å². The Hall–Kier alpha value is -0.670. The van der Waals surface area contributed by atoms with E-state index in [4.69, 9.17) is 0 Å². The number of guanidine groups is 1. The van der Waals surface area contributed by atoms with Gasteiger partial charge in [-0.2, -0.15) is 11.8 Å². The summed E-state index contributed by atoms with van der Waals surface area (Å²) < 4.78 is 0. The van der Waals surface area contributed by atoms with Crippen LogP contribution in [-0.2, 0) is 6.54 Å². The molecule has 1 aromatic carbocycles. The molecule has 1 aliphatic heterocycles.